The Labute approximate surface area is 268 Å². The molecular weight excluding hydrogens is 633 g/mol. The number of ether oxygens (including phenoxy) is 1. The number of amides is 2. The van der Waals surface area contributed by atoms with Gasteiger partial charge in [0.05, 0.1) is 22.7 Å². The van der Waals surface area contributed by atoms with Crippen molar-refractivity contribution in [2.75, 3.05) is 24.5 Å². The number of carbonyl (C=O) groups excluding carboxylic acids is 2. The van der Waals surface area contributed by atoms with Crippen molar-refractivity contribution in [2.45, 2.75) is 57.5 Å². The number of halogens is 3. The molecule has 0 heterocycles. The second kappa shape index (κ2) is 15.7. The minimum absolute atomic E-state index is 0.00511. The van der Waals surface area contributed by atoms with E-state index in [0.29, 0.717) is 27.9 Å². The first-order valence-corrected chi connectivity index (χ1v) is 16.4. The van der Waals surface area contributed by atoms with E-state index in [1.54, 1.807) is 37.3 Å². The fourth-order valence-electron chi connectivity index (χ4n) is 4.44. The van der Waals surface area contributed by atoms with Crippen molar-refractivity contribution in [1.82, 2.24) is 10.2 Å². The van der Waals surface area contributed by atoms with Crippen LogP contribution in [0.5, 0.6) is 5.75 Å². The Morgan fingerprint density at radius 3 is 2.23 bits per heavy atom. The first-order valence-electron chi connectivity index (χ1n) is 13.9. The van der Waals surface area contributed by atoms with Crippen molar-refractivity contribution in [1.29, 1.82) is 0 Å². The fourth-order valence-corrected chi connectivity index (χ4v) is 6.56. The Kier molecular flexibility index (Phi) is 12.6. The molecule has 12 heteroatoms. The molecule has 0 radical (unpaired) electrons. The molecule has 0 spiro atoms. The summed E-state index contributed by atoms with van der Waals surface area (Å²) in [6.07, 6.45) is 1.95. The van der Waals surface area contributed by atoms with Gasteiger partial charge < -0.3 is 15.0 Å². The molecule has 2 amide bonds. The van der Waals surface area contributed by atoms with Crippen molar-refractivity contribution in [3.63, 3.8) is 0 Å². The van der Waals surface area contributed by atoms with E-state index >= 15 is 0 Å². The highest BCUT2D eigenvalue weighted by molar-refractivity contribution is 7.92. The zero-order valence-corrected chi connectivity index (χ0v) is 27.7. The van der Waals surface area contributed by atoms with Crippen LogP contribution in [0.1, 0.15) is 44.2 Å². The van der Waals surface area contributed by atoms with Gasteiger partial charge in [-0.25, -0.2) is 8.42 Å². The van der Waals surface area contributed by atoms with Crippen molar-refractivity contribution in [2.24, 2.45) is 0 Å². The highest BCUT2D eigenvalue weighted by atomic mass is 35.5. The van der Waals surface area contributed by atoms with Crippen LogP contribution in [0.3, 0.4) is 0 Å². The summed E-state index contributed by atoms with van der Waals surface area (Å²) in [6.45, 7) is 5.44. The lowest BCUT2D eigenvalue weighted by atomic mass is 10.1. The summed E-state index contributed by atoms with van der Waals surface area (Å²) >= 11 is 18.9. The van der Waals surface area contributed by atoms with Crippen LogP contribution in [0.25, 0.3) is 0 Å². The number of unbranched alkanes of at least 4 members (excludes halogenated alkanes) is 1. The number of sulfonamides is 1. The SMILES string of the molecule is CCCCNC(=O)[C@H](CC)N(Cc1ccc(Cl)cc1Cl)C(=O)CN(c1ccc(OC)c(Cl)c1)S(=O)(=O)c1ccc(C)cc1. The number of hydrogen-bond donors (Lipinski definition) is 1. The number of nitrogens with zero attached hydrogens (tertiary/aromatic N) is 2. The Hall–Kier alpha value is -2.98. The largest absolute Gasteiger partial charge is 0.495 e. The molecule has 0 unspecified atom stereocenters. The molecular formula is C31H36Cl3N3O5S. The Balaban J connectivity index is 2.09. The van der Waals surface area contributed by atoms with E-state index in [1.807, 2.05) is 13.8 Å². The molecule has 0 aliphatic rings. The van der Waals surface area contributed by atoms with E-state index in [9.17, 15) is 18.0 Å². The van der Waals surface area contributed by atoms with Crippen LogP contribution in [0, 0.1) is 6.92 Å². The lowest BCUT2D eigenvalue weighted by Crippen LogP contribution is -2.52. The third kappa shape index (κ3) is 8.79. The van der Waals surface area contributed by atoms with Crippen LogP contribution < -0.4 is 14.4 Å². The van der Waals surface area contributed by atoms with E-state index in [2.05, 4.69) is 5.32 Å². The quantitative estimate of drug-likeness (QED) is 0.189. The predicted octanol–water partition coefficient (Wildman–Crippen LogP) is 6.88. The lowest BCUT2D eigenvalue weighted by Gasteiger charge is -2.33. The first kappa shape index (κ1) is 34.5. The van der Waals surface area contributed by atoms with Crippen LogP contribution in [-0.2, 0) is 26.2 Å². The summed E-state index contributed by atoms with van der Waals surface area (Å²) in [7, 11) is -2.80. The molecule has 0 saturated heterocycles. The maximum atomic E-state index is 14.2. The van der Waals surface area contributed by atoms with Gasteiger partial charge in [-0.1, -0.05) is 78.8 Å². The molecule has 8 nitrogen and oxygen atoms in total. The smallest absolute Gasteiger partial charge is 0.264 e. The van der Waals surface area contributed by atoms with Gasteiger partial charge in [-0.05, 0) is 67.8 Å². The fraction of sp³-hybridized carbons (Fsp3) is 0.355. The lowest BCUT2D eigenvalue weighted by molar-refractivity contribution is -0.140. The van der Waals surface area contributed by atoms with E-state index in [1.165, 1.54) is 42.3 Å². The molecule has 3 aromatic rings. The van der Waals surface area contributed by atoms with Gasteiger partial charge >= 0.3 is 0 Å². The van der Waals surface area contributed by atoms with Gasteiger partial charge in [0.2, 0.25) is 11.8 Å². The number of carbonyl (C=O) groups is 2. The van der Waals surface area contributed by atoms with Gasteiger partial charge in [-0.2, -0.15) is 0 Å². The standard InChI is InChI=1S/C31H36Cl3N3O5S/c1-5-7-16-35-31(39)28(6-2)36(19-22-10-11-23(32)17-26(22)33)30(38)20-37(24-12-15-29(42-4)27(34)18-24)43(40,41)25-13-8-21(3)9-14-25/h8-15,17-18,28H,5-7,16,19-20H2,1-4H3,(H,35,39)/t28-/m0/s1. The number of benzene rings is 3. The molecule has 1 atom stereocenters. The second-order valence-corrected chi connectivity index (χ2v) is 13.1. The van der Waals surface area contributed by atoms with Crippen LogP contribution in [-0.4, -0.2) is 51.4 Å². The van der Waals surface area contributed by atoms with Crippen LogP contribution in [0.2, 0.25) is 15.1 Å². The Bertz CT molecular complexity index is 1530. The number of methoxy groups -OCH3 is 1. The van der Waals surface area contributed by atoms with Crippen LogP contribution in [0.15, 0.2) is 65.6 Å². The molecule has 1 N–H and O–H groups in total. The first-order chi connectivity index (χ1) is 20.4. The zero-order chi connectivity index (χ0) is 31.7. The molecule has 3 rings (SSSR count). The average molecular weight is 669 g/mol. The van der Waals surface area contributed by atoms with E-state index in [4.69, 9.17) is 39.5 Å². The number of nitrogens with one attached hydrogen (secondary N) is 1. The minimum atomic E-state index is -4.25. The highest BCUT2D eigenvalue weighted by Crippen LogP contribution is 2.32. The predicted molar refractivity (Wildman–Crippen MR) is 173 cm³/mol. The van der Waals surface area contributed by atoms with Crippen molar-refractivity contribution in [3.05, 3.63) is 86.9 Å². The van der Waals surface area contributed by atoms with Gasteiger partial charge in [0.15, 0.2) is 0 Å². The maximum Gasteiger partial charge on any atom is 0.264 e. The molecule has 0 bridgehead atoms. The molecule has 232 valence electrons. The molecule has 0 aliphatic carbocycles. The summed E-state index contributed by atoms with van der Waals surface area (Å²) < 4.78 is 34.3. The van der Waals surface area contributed by atoms with Gasteiger partial charge in [0.1, 0.15) is 18.3 Å². The second-order valence-electron chi connectivity index (χ2n) is 9.97. The molecule has 0 saturated carbocycles. The van der Waals surface area contributed by atoms with Gasteiger partial charge in [-0.3, -0.25) is 13.9 Å². The highest BCUT2D eigenvalue weighted by Gasteiger charge is 2.34. The topological polar surface area (TPSA) is 96.0 Å². The van der Waals surface area contributed by atoms with E-state index < -0.39 is 28.5 Å². The third-order valence-electron chi connectivity index (χ3n) is 6.88. The van der Waals surface area contributed by atoms with Gasteiger partial charge in [0.25, 0.3) is 10.0 Å². The summed E-state index contributed by atoms with van der Waals surface area (Å²) in [5.74, 6) is -0.598. The summed E-state index contributed by atoms with van der Waals surface area (Å²) in [5, 5.41) is 3.80. The summed E-state index contributed by atoms with van der Waals surface area (Å²) in [6, 6.07) is 14.8. The summed E-state index contributed by atoms with van der Waals surface area (Å²) in [5.41, 5.74) is 1.59. The average Bonchev–Trinajstić information content (AvgIpc) is 2.97. The molecule has 0 aliphatic heterocycles. The van der Waals surface area contributed by atoms with Crippen molar-refractivity contribution in [3.8, 4) is 5.75 Å². The third-order valence-corrected chi connectivity index (χ3v) is 9.55. The molecule has 3 aromatic carbocycles. The number of anilines is 1. The van der Waals surface area contributed by atoms with Crippen molar-refractivity contribution >= 4 is 62.3 Å². The molecule has 43 heavy (non-hydrogen) atoms. The molecule has 0 aromatic heterocycles. The Morgan fingerprint density at radius 2 is 1.65 bits per heavy atom. The number of hydrogen-bond acceptors (Lipinski definition) is 5. The van der Waals surface area contributed by atoms with Gasteiger partial charge in [0, 0.05) is 23.1 Å². The van der Waals surface area contributed by atoms with E-state index in [-0.39, 0.29) is 34.5 Å². The monoisotopic (exact) mass is 667 g/mol. The number of aryl methyl sites for hydroxylation is 1. The normalized spacial score (nSPS) is 12.0. The minimum Gasteiger partial charge on any atom is -0.495 e. The van der Waals surface area contributed by atoms with Crippen molar-refractivity contribution < 1.29 is 22.7 Å². The maximum absolute atomic E-state index is 14.2. The number of rotatable bonds is 14. The summed E-state index contributed by atoms with van der Waals surface area (Å²) in [4.78, 5) is 28.9. The van der Waals surface area contributed by atoms with Crippen LogP contribution >= 0.6 is 34.8 Å². The van der Waals surface area contributed by atoms with Gasteiger partial charge in [-0.15, -0.1) is 0 Å². The zero-order valence-electron chi connectivity index (χ0n) is 24.6. The molecule has 0 fully saturated rings. The van der Waals surface area contributed by atoms with E-state index in [0.717, 1.165) is 22.7 Å². The Morgan fingerprint density at radius 1 is 0.953 bits per heavy atom. The van der Waals surface area contributed by atoms with Crippen LogP contribution in [0.4, 0.5) is 5.69 Å².